The molecule has 0 atom stereocenters. The molecule has 0 aliphatic heterocycles. The van der Waals surface area contributed by atoms with Crippen molar-refractivity contribution in [3.05, 3.63) is 47.8 Å². The molecule has 1 aliphatic carbocycles. The molecule has 1 aromatic heterocycles. The van der Waals surface area contributed by atoms with Crippen LogP contribution in [-0.2, 0) is 11.2 Å². The minimum absolute atomic E-state index is 0.0356. The van der Waals surface area contributed by atoms with Crippen molar-refractivity contribution in [2.45, 2.75) is 31.6 Å². The SMILES string of the molecule is COc1cnc(N(C)C(=O)Cc2ccc(C3CCC3)cc2)nc1. The average Bonchev–Trinajstić information content (AvgIpc) is 2.54. The molecule has 2 aromatic rings. The summed E-state index contributed by atoms with van der Waals surface area (Å²) >= 11 is 0. The third-order valence-electron chi connectivity index (χ3n) is 4.44. The standard InChI is InChI=1S/C18H21N3O2/c1-21(18-19-11-16(23-2)12-20-18)17(22)10-13-6-8-15(9-7-13)14-4-3-5-14/h6-9,11-12,14H,3-5,10H2,1-2H3. The zero-order valence-electron chi connectivity index (χ0n) is 13.5. The van der Waals surface area contributed by atoms with E-state index in [0.29, 0.717) is 18.1 Å². The molecule has 0 bridgehead atoms. The first-order valence-corrected chi connectivity index (χ1v) is 7.89. The molecule has 0 radical (unpaired) electrons. The Kier molecular flexibility index (Phi) is 4.55. The minimum Gasteiger partial charge on any atom is -0.494 e. The Morgan fingerprint density at radius 3 is 2.39 bits per heavy atom. The molecule has 1 saturated carbocycles. The largest absolute Gasteiger partial charge is 0.494 e. The van der Waals surface area contributed by atoms with E-state index in [9.17, 15) is 4.79 Å². The van der Waals surface area contributed by atoms with E-state index in [0.717, 1.165) is 11.5 Å². The molecule has 1 aliphatic rings. The number of amides is 1. The molecule has 1 fully saturated rings. The number of carbonyl (C=O) groups excluding carboxylic acids is 1. The third-order valence-corrected chi connectivity index (χ3v) is 4.44. The lowest BCUT2D eigenvalue weighted by molar-refractivity contribution is -0.117. The Labute approximate surface area is 136 Å². The summed E-state index contributed by atoms with van der Waals surface area (Å²) in [7, 11) is 3.24. The molecule has 5 heteroatoms. The maximum atomic E-state index is 12.4. The first kappa shape index (κ1) is 15.5. The minimum atomic E-state index is -0.0356. The van der Waals surface area contributed by atoms with E-state index in [1.807, 2.05) is 12.1 Å². The van der Waals surface area contributed by atoms with E-state index in [2.05, 4.69) is 22.1 Å². The summed E-state index contributed by atoms with van der Waals surface area (Å²) in [5.74, 6) is 1.63. The van der Waals surface area contributed by atoms with Gasteiger partial charge < -0.3 is 4.74 Å². The predicted molar refractivity (Wildman–Crippen MR) is 88.7 cm³/mol. The monoisotopic (exact) mass is 311 g/mol. The highest BCUT2D eigenvalue weighted by Gasteiger charge is 2.19. The van der Waals surface area contributed by atoms with E-state index in [4.69, 9.17) is 4.74 Å². The Morgan fingerprint density at radius 2 is 1.87 bits per heavy atom. The average molecular weight is 311 g/mol. The second kappa shape index (κ2) is 6.77. The molecule has 1 aromatic carbocycles. The van der Waals surface area contributed by atoms with Gasteiger partial charge in [-0.3, -0.25) is 9.69 Å². The summed E-state index contributed by atoms with van der Waals surface area (Å²) in [5.41, 5.74) is 2.40. The Bertz CT molecular complexity index is 664. The van der Waals surface area contributed by atoms with Gasteiger partial charge in [-0.15, -0.1) is 0 Å². The van der Waals surface area contributed by atoms with Crippen molar-refractivity contribution >= 4 is 11.9 Å². The lowest BCUT2D eigenvalue weighted by Gasteiger charge is -2.25. The summed E-state index contributed by atoms with van der Waals surface area (Å²) in [4.78, 5) is 22.1. The van der Waals surface area contributed by atoms with Gasteiger partial charge in [-0.1, -0.05) is 30.7 Å². The highest BCUT2D eigenvalue weighted by atomic mass is 16.5. The summed E-state index contributed by atoms with van der Waals surface area (Å²) in [6.07, 6.45) is 7.36. The molecule has 120 valence electrons. The molecule has 1 heterocycles. The fraction of sp³-hybridized carbons (Fsp3) is 0.389. The van der Waals surface area contributed by atoms with Gasteiger partial charge in [-0.2, -0.15) is 0 Å². The number of anilines is 1. The lowest BCUT2D eigenvalue weighted by atomic mass is 9.80. The molecule has 23 heavy (non-hydrogen) atoms. The number of rotatable bonds is 5. The van der Waals surface area contributed by atoms with Crippen LogP contribution in [0.15, 0.2) is 36.7 Å². The Morgan fingerprint density at radius 1 is 1.22 bits per heavy atom. The van der Waals surface area contributed by atoms with Crippen LogP contribution in [-0.4, -0.2) is 30.0 Å². The number of carbonyl (C=O) groups is 1. The number of ether oxygens (including phenoxy) is 1. The highest BCUT2D eigenvalue weighted by Crippen LogP contribution is 2.36. The van der Waals surface area contributed by atoms with Gasteiger partial charge in [0.2, 0.25) is 11.9 Å². The Hall–Kier alpha value is -2.43. The van der Waals surface area contributed by atoms with E-state index in [1.165, 1.54) is 29.7 Å². The van der Waals surface area contributed by atoms with Gasteiger partial charge in [0.15, 0.2) is 5.75 Å². The number of hydrogen-bond acceptors (Lipinski definition) is 4. The van der Waals surface area contributed by atoms with Crippen molar-refractivity contribution in [3.8, 4) is 5.75 Å². The number of benzene rings is 1. The maximum Gasteiger partial charge on any atom is 0.233 e. The van der Waals surface area contributed by atoms with E-state index in [1.54, 1.807) is 26.6 Å². The summed E-state index contributed by atoms with van der Waals surface area (Å²) in [6.45, 7) is 0. The fourth-order valence-corrected chi connectivity index (χ4v) is 2.64. The second-order valence-electron chi connectivity index (χ2n) is 5.92. The predicted octanol–water partition coefficient (Wildman–Crippen LogP) is 2.96. The maximum absolute atomic E-state index is 12.4. The van der Waals surface area contributed by atoms with Gasteiger partial charge in [0.1, 0.15) is 0 Å². The first-order valence-electron chi connectivity index (χ1n) is 7.89. The van der Waals surface area contributed by atoms with Gasteiger partial charge in [0, 0.05) is 7.05 Å². The van der Waals surface area contributed by atoms with Gasteiger partial charge in [0.25, 0.3) is 0 Å². The lowest BCUT2D eigenvalue weighted by Crippen LogP contribution is -2.29. The van der Waals surface area contributed by atoms with Crippen molar-refractivity contribution in [3.63, 3.8) is 0 Å². The van der Waals surface area contributed by atoms with Crippen LogP contribution in [0.4, 0.5) is 5.95 Å². The topological polar surface area (TPSA) is 55.3 Å². The molecule has 0 saturated heterocycles. The zero-order valence-corrected chi connectivity index (χ0v) is 13.5. The number of aromatic nitrogens is 2. The highest BCUT2D eigenvalue weighted by molar-refractivity contribution is 5.92. The number of nitrogens with zero attached hydrogens (tertiary/aromatic N) is 3. The number of methoxy groups -OCH3 is 1. The number of likely N-dealkylation sites (N-methyl/N-ethyl adjacent to an activating group) is 1. The normalized spacial score (nSPS) is 14.2. The van der Waals surface area contributed by atoms with Gasteiger partial charge in [-0.25, -0.2) is 9.97 Å². The van der Waals surface area contributed by atoms with Crippen LogP contribution in [0, 0.1) is 0 Å². The van der Waals surface area contributed by atoms with Crippen molar-refractivity contribution in [1.29, 1.82) is 0 Å². The third kappa shape index (κ3) is 3.50. The van der Waals surface area contributed by atoms with Crippen LogP contribution < -0.4 is 9.64 Å². The molecule has 1 amide bonds. The molecule has 0 spiro atoms. The van der Waals surface area contributed by atoms with Crippen molar-refractivity contribution in [1.82, 2.24) is 9.97 Å². The van der Waals surface area contributed by atoms with E-state index in [-0.39, 0.29) is 5.91 Å². The van der Waals surface area contributed by atoms with Crippen LogP contribution in [0.1, 0.15) is 36.3 Å². The molecule has 0 N–H and O–H groups in total. The zero-order chi connectivity index (χ0) is 16.2. The van der Waals surface area contributed by atoms with Crippen molar-refractivity contribution < 1.29 is 9.53 Å². The molecule has 3 rings (SSSR count). The number of hydrogen-bond donors (Lipinski definition) is 0. The van der Waals surface area contributed by atoms with E-state index < -0.39 is 0 Å². The van der Waals surface area contributed by atoms with Crippen LogP contribution in [0.2, 0.25) is 0 Å². The van der Waals surface area contributed by atoms with Crippen LogP contribution >= 0.6 is 0 Å². The van der Waals surface area contributed by atoms with Gasteiger partial charge >= 0.3 is 0 Å². The quantitative estimate of drug-likeness (QED) is 0.852. The molecule has 0 unspecified atom stereocenters. The Balaban J connectivity index is 1.62. The first-order chi connectivity index (χ1) is 11.2. The van der Waals surface area contributed by atoms with Gasteiger partial charge in [0.05, 0.1) is 25.9 Å². The van der Waals surface area contributed by atoms with Crippen molar-refractivity contribution in [2.24, 2.45) is 0 Å². The van der Waals surface area contributed by atoms with Crippen LogP contribution in [0.25, 0.3) is 0 Å². The smallest absolute Gasteiger partial charge is 0.233 e. The summed E-state index contributed by atoms with van der Waals surface area (Å²) < 4.78 is 5.02. The van der Waals surface area contributed by atoms with Crippen LogP contribution in [0.3, 0.4) is 0 Å². The molecule has 5 nitrogen and oxygen atoms in total. The van der Waals surface area contributed by atoms with Crippen molar-refractivity contribution in [2.75, 3.05) is 19.1 Å². The fourth-order valence-electron chi connectivity index (χ4n) is 2.64. The second-order valence-corrected chi connectivity index (χ2v) is 5.92. The van der Waals surface area contributed by atoms with E-state index >= 15 is 0 Å². The van der Waals surface area contributed by atoms with Gasteiger partial charge in [-0.05, 0) is 29.9 Å². The molecular weight excluding hydrogens is 290 g/mol. The summed E-state index contributed by atoms with van der Waals surface area (Å²) in [5, 5.41) is 0. The molecular formula is C18H21N3O2. The van der Waals surface area contributed by atoms with Crippen LogP contribution in [0.5, 0.6) is 5.75 Å². The summed E-state index contributed by atoms with van der Waals surface area (Å²) in [6, 6.07) is 8.40.